The van der Waals surface area contributed by atoms with Crippen molar-refractivity contribution in [3.8, 4) is 17.1 Å². The van der Waals surface area contributed by atoms with E-state index in [0.717, 1.165) is 31.7 Å². The molecule has 0 saturated carbocycles. The fourth-order valence-electron chi connectivity index (χ4n) is 5.17. The summed E-state index contributed by atoms with van der Waals surface area (Å²) in [5.74, 6) is -0.420. The monoisotopic (exact) mass is 602 g/mol. The molecule has 1 aromatic carbocycles. The SMILES string of the molecule is COc1ncc(N2CCOCC2)cc1S(=O)(=O)Nc1ccnc(-c2ccc(CN3CCN(C(C)C)CC3)cc2F)c1.O. The first kappa shape index (κ1) is 31.6. The van der Waals surface area contributed by atoms with Gasteiger partial charge in [-0.2, -0.15) is 0 Å². The largest absolute Gasteiger partial charge is 0.480 e. The van der Waals surface area contributed by atoms with Crippen molar-refractivity contribution in [3.05, 3.63) is 60.2 Å². The highest BCUT2D eigenvalue weighted by atomic mass is 32.2. The van der Waals surface area contributed by atoms with Crippen LogP contribution in [-0.4, -0.2) is 99.3 Å². The summed E-state index contributed by atoms with van der Waals surface area (Å²) < 4.78 is 55.4. The molecule has 0 spiro atoms. The van der Waals surface area contributed by atoms with Gasteiger partial charge in [-0.3, -0.25) is 19.5 Å². The number of aromatic nitrogens is 2. The number of rotatable bonds is 9. The van der Waals surface area contributed by atoms with Crippen molar-refractivity contribution >= 4 is 21.4 Å². The van der Waals surface area contributed by atoms with Gasteiger partial charge in [-0.25, -0.2) is 17.8 Å². The Bertz CT molecular complexity index is 1460. The normalized spacial score (nSPS) is 16.7. The zero-order chi connectivity index (χ0) is 29.0. The maximum atomic E-state index is 15.3. The van der Waals surface area contributed by atoms with Gasteiger partial charge in [-0.15, -0.1) is 0 Å². The molecule has 5 rings (SSSR count). The average Bonchev–Trinajstić information content (AvgIpc) is 2.97. The minimum absolute atomic E-state index is 0. The average molecular weight is 603 g/mol. The number of nitrogens with zero attached hydrogens (tertiary/aromatic N) is 5. The van der Waals surface area contributed by atoms with Gasteiger partial charge in [-0.05, 0) is 49.7 Å². The van der Waals surface area contributed by atoms with Crippen molar-refractivity contribution < 1.29 is 27.8 Å². The lowest BCUT2D eigenvalue weighted by atomic mass is 10.1. The molecule has 13 heteroatoms. The van der Waals surface area contributed by atoms with Gasteiger partial charge in [0.15, 0.2) is 4.90 Å². The third-order valence-corrected chi connectivity index (χ3v) is 8.90. The first-order valence-corrected chi connectivity index (χ1v) is 15.3. The molecule has 0 unspecified atom stereocenters. The summed E-state index contributed by atoms with van der Waals surface area (Å²) in [7, 11) is -2.71. The number of pyridine rings is 2. The van der Waals surface area contributed by atoms with Gasteiger partial charge in [0.25, 0.3) is 10.0 Å². The molecule has 0 aliphatic carbocycles. The van der Waals surface area contributed by atoms with Crippen LogP contribution in [0, 0.1) is 5.82 Å². The standard InChI is InChI=1S/C29H37FN6O4S.H2O/c1-21(2)35-10-8-34(9-11-35)20-22-4-5-25(26(30)16-22)27-17-23(6-7-31-27)33-41(37,38)28-18-24(19-32-29(28)39-3)36-12-14-40-15-13-36;/h4-7,16-19,21H,8-15,20H2,1-3H3,(H,31,33);1H2. The Kier molecular flexibility index (Phi) is 10.3. The van der Waals surface area contributed by atoms with Crippen LogP contribution in [0.3, 0.4) is 0 Å². The Balaban J connectivity index is 0.00000405. The number of benzene rings is 1. The summed E-state index contributed by atoms with van der Waals surface area (Å²) in [6.07, 6.45) is 3.04. The van der Waals surface area contributed by atoms with Crippen LogP contribution in [0.4, 0.5) is 15.8 Å². The third kappa shape index (κ3) is 7.34. The van der Waals surface area contributed by atoms with Crippen molar-refractivity contribution in [2.75, 3.05) is 69.2 Å². The van der Waals surface area contributed by atoms with E-state index < -0.39 is 15.8 Å². The van der Waals surface area contributed by atoms with E-state index >= 15 is 4.39 Å². The topological polar surface area (TPSA) is 132 Å². The Morgan fingerprint density at radius 3 is 2.43 bits per heavy atom. The third-order valence-electron chi connectivity index (χ3n) is 7.53. The van der Waals surface area contributed by atoms with Crippen LogP contribution in [0.5, 0.6) is 5.88 Å². The Morgan fingerprint density at radius 1 is 1.02 bits per heavy atom. The number of hydrogen-bond acceptors (Lipinski definition) is 9. The van der Waals surface area contributed by atoms with E-state index in [9.17, 15) is 8.42 Å². The molecule has 42 heavy (non-hydrogen) atoms. The lowest BCUT2D eigenvalue weighted by Crippen LogP contribution is -2.48. The van der Waals surface area contributed by atoms with E-state index in [1.807, 2.05) is 11.0 Å². The zero-order valence-corrected chi connectivity index (χ0v) is 25.0. The predicted molar refractivity (Wildman–Crippen MR) is 160 cm³/mol. The van der Waals surface area contributed by atoms with Gasteiger partial charge in [0.05, 0.1) is 43.6 Å². The quantitative estimate of drug-likeness (QED) is 0.393. The number of nitrogens with one attached hydrogen (secondary N) is 1. The van der Waals surface area contributed by atoms with Crippen LogP contribution < -0.4 is 14.4 Å². The van der Waals surface area contributed by atoms with Gasteiger partial charge >= 0.3 is 0 Å². The van der Waals surface area contributed by atoms with Gasteiger partial charge in [0.2, 0.25) is 5.88 Å². The summed E-state index contributed by atoms with van der Waals surface area (Å²) in [6.45, 7) is 11.4. The van der Waals surface area contributed by atoms with Crippen LogP contribution in [-0.2, 0) is 21.3 Å². The first-order chi connectivity index (χ1) is 19.7. The maximum absolute atomic E-state index is 15.3. The van der Waals surface area contributed by atoms with E-state index in [0.29, 0.717) is 55.8 Å². The number of piperazine rings is 1. The molecule has 2 aliphatic heterocycles. The second-order valence-electron chi connectivity index (χ2n) is 10.6. The predicted octanol–water partition coefficient (Wildman–Crippen LogP) is 2.63. The number of morpholine rings is 1. The lowest BCUT2D eigenvalue weighted by molar-refractivity contribution is 0.104. The summed E-state index contributed by atoms with van der Waals surface area (Å²) in [5, 5.41) is 0. The van der Waals surface area contributed by atoms with E-state index in [2.05, 4.69) is 38.3 Å². The van der Waals surface area contributed by atoms with E-state index in [4.69, 9.17) is 9.47 Å². The molecular weight excluding hydrogens is 563 g/mol. The number of halogens is 1. The highest BCUT2D eigenvalue weighted by molar-refractivity contribution is 7.92. The molecule has 4 heterocycles. The molecule has 11 nitrogen and oxygen atoms in total. The molecular formula is C29H39FN6O5S. The Morgan fingerprint density at radius 2 is 1.76 bits per heavy atom. The fraction of sp³-hybridized carbons (Fsp3) is 0.448. The second-order valence-corrected chi connectivity index (χ2v) is 12.2. The molecule has 3 aromatic rings. The highest BCUT2D eigenvalue weighted by Crippen LogP contribution is 2.30. The van der Waals surface area contributed by atoms with Crippen LogP contribution in [0.25, 0.3) is 11.3 Å². The van der Waals surface area contributed by atoms with Crippen molar-refractivity contribution in [2.24, 2.45) is 0 Å². The molecule has 0 amide bonds. The number of methoxy groups -OCH3 is 1. The summed E-state index contributed by atoms with van der Waals surface area (Å²) >= 11 is 0. The number of sulfonamides is 1. The van der Waals surface area contributed by atoms with Crippen molar-refractivity contribution in [1.82, 2.24) is 19.8 Å². The van der Waals surface area contributed by atoms with Gasteiger partial charge in [0, 0.05) is 63.6 Å². The molecule has 2 aromatic heterocycles. The van der Waals surface area contributed by atoms with Crippen molar-refractivity contribution in [3.63, 3.8) is 0 Å². The molecule has 2 saturated heterocycles. The van der Waals surface area contributed by atoms with Gasteiger partial charge < -0.3 is 19.8 Å². The fourth-order valence-corrected chi connectivity index (χ4v) is 6.36. The number of ether oxygens (including phenoxy) is 2. The van der Waals surface area contributed by atoms with Crippen LogP contribution in [0.2, 0.25) is 0 Å². The number of anilines is 2. The second kappa shape index (κ2) is 13.7. The van der Waals surface area contributed by atoms with Crippen molar-refractivity contribution in [1.29, 1.82) is 0 Å². The summed E-state index contributed by atoms with van der Waals surface area (Å²) in [4.78, 5) is 15.2. The summed E-state index contributed by atoms with van der Waals surface area (Å²) in [5.41, 5.74) is 2.43. The smallest absolute Gasteiger partial charge is 0.267 e. The van der Waals surface area contributed by atoms with Crippen LogP contribution in [0.1, 0.15) is 19.4 Å². The zero-order valence-electron chi connectivity index (χ0n) is 24.2. The Labute approximate surface area is 246 Å². The lowest BCUT2D eigenvalue weighted by Gasteiger charge is -2.36. The van der Waals surface area contributed by atoms with E-state index in [1.54, 1.807) is 18.3 Å². The van der Waals surface area contributed by atoms with Crippen LogP contribution in [0.15, 0.2) is 53.7 Å². The first-order valence-electron chi connectivity index (χ1n) is 13.8. The molecule has 0 bridgehead atoms. The number of hydrogen-bond donors (Lipinski definition) is 1. The molecule has 3 N–H and O–H groups in total. The minimum Gasteiger partial charge on any atom is -0.480 e. The van der Waals surface area contributed by atoms with Crippen LogP contribution >= 0.6 is 0 Å². The Hall–Kier alpha value is -3.36. The van der Waals surface area contributed by atoms with E-state index in [-0.39, 0.29) is 21.9 Å². The molecule has 0 atom stereocenters. The van der Waals surface area contributed by atoms with Gasteiger partial charge in [-0.1, -0.05) is 6.07 Å². The van der Waals surface area contributed by atoms with Gasteiger partial charge in [0.1, 0.15) is 5.82 Å². The molecule has 2 fully saturated rings. The van der Waals surface area contributed by atoms with E-state index in [1.165, 1.54) is 31.5 Å². The molecule has 0 radical (unpaired) electrons. The summed E-state index contributed by atoms with van der Waals surface area (Å²) in [6, 6.07) is 10.3. The minimum atomic E-state index is -4.08. The molecule has 228 valence electrons. The maximum Gasteiger partial charge on any atom is 0.267 e. The van der Waals surface area contributed by atoms with Crippen molar-refractivity contribution in [2.45, 2.75) is 31.3 Å². The highest BCUT2D eigenvalue weighted by Gasteiger charge is 2.24. The molecule has 2 aliphatic rings.